The highest BCUT2D eigenvalue weighted by molar-refractivity contribution is 6.48. The lowest BCUT2D eigenvalue weighted by atomic mass is 9.99. The van der Waals surface area contributed by atoms with Crippen molar-refractivity contribution < 1.29 is 0 Å². The Kier molecular flexibility index (Phi) is 6.03. The summed E-state index contributed by atoms with van der Waals surface area (Å²) in [5.74, 6) is 0. The molecule has 1 saturated carbocycles. The van der Waals surface area contributed by atoms with Gasteiger partial charge in [-0.2, -0.15) is 0 Å². The first kappa shape index (κ1) is 11.9. The van der Waals surface area contributed by atoms with Gasteiger partial charge in [0.15, 0.2) is 0 Å². The van der Waals surface area contributed by atoms with Gasteiger partial charge in [0.25, 0.3) is 0 Å². The van der Waals surface area contributed by atoms with Crippen LogP contribution in [0.5, 0.6) is 0 Å². The molecule has 8 heavy (non-hydrogen) atoms. The third kappa shape index (κ3) is 3.24. The van der Waals surface area contributed by atoms with Gasteiger partial charge >= 0.3 is 0 Å². The Bertz CT molecular complexity index is 55.1. The standard InChI is InChI=1S/C4H6Cl2.2ClH/c5-4(6)2-1-3-4;;/h1-3H2;2*1H. The zero-order valence-corrected chi connectivity index (χ0v) is 7.34. The number of rotatable bonds is 0. The van der Waals surface area contributed by atoms with Gasteiger partial charge in [0, 0.05) is 0 Å². The molecule has 1 aliphatic carbocycles. The minimum absolute atomic E-state index is 0. The molecule has 0 aromatic carbocycles. The van der Waals surface area contributed by atoms with Crippen molar-refractivity contribution >= 4 is 48.0 Å². The molecule has 0 saturated heterocycles. The molecule has 0 aromatic rings. The molecule has 0 heterocycles. The van der Waals surface area contributed by atoms with Gasteiger partial charge in [0.05, 0.1) is 0 Å². The lowest BCUT2D eigenvalue weighted by Gasteiger charge is -2.27. The summed E-state index contributed by atoms with van der Waals surface area (Å²) in [5.41, 5.74) is 0. The van der Waals surface area contributed by atoms with E-state index in [0.29, 0.717) is 0 Å². The normalized spacial score (nSPS) is 21.8. The van der Waals surface area contributed by atoms with E-state index in [0.717, 1.165) is 12.8 Å². The summed E-state index contributed by atoms with van der Waals surface area (Å²) < 4.78 is -0.333. The molecule has 4 heteroatoms. The van der Waals surface area contributed by atoms with Crippen LogP contribution in [0.1, 0.15) is 19.3 Å². The Hall–Kier alpha value is 1.16. The molecule has 0 atom stereocenters. The fourth-order valence-electron chi connectivity index (χ4n) is 0.444. The maximum atomic E-state index is 5.57. The highest BCUT2D eigenvalue weighted by Gasteiger charge is 2.31. The van der Waals surface area contributed by atoms with Gasteiger partial charge in [-0.25, -0.2) is 0 Å². The van der Waals surface area contributed by atoms with Crippen molar-refractivity contribution in [3.63, 3.8) is 0 Å². The summed E-state index contributed by atoms with van der Waals surface area (Å²) in [4.78, 5) is 0. The van der Waals surface area contributed by atoms with Gasteiger partial charge in [-0.15, -0.1) is 48.0 Å². The van der Waals surface area contributed by atoms with Crippen molar-refractivity contribution in [3.8, 4) is 0 Å². The molecule has 52 valence electrons. The third-order valence-corrected chi connectivity index (χ3v) is 1.84. The van der Waals surface area contributed by atoms with E-state index in [1.165, 1.54) is 6.42 Å². The molecule has 0 nitrogen and oxygen atoms in total. The Morgan fingerprint density at radius 1 is 1.00 bits per heavy atom. The molecule has 0 aliphatic heterocycles. The average Bonchev–Trinajstić information content (AvgIpc) is 1.32. The van der Waals surface area contributed by atoms with Crippen LogP contribution < -0.4 is 0 Å². The van der Waals surface area contributed by atoms with E-state index in [1.54, 1.807) is 0 Å². The first-order chi connectivity index (χ1) is 2.71. The minimum Gasteiger partial charge on any atom is -0.147 e. The molecule has 0 aromatic heterocycles. The SMILES string of the molecule is Cl.Cl.ClC1(Cl)CCC1. The Morgan fingerprint density at radius 2 is 1.25 bits per heavy atom. The summed E-state index contributed by atoms with van der Waals surface area (Å²) in [7, 11) is 0. The van der Waals surface area contributed by atoms with Crippen LogP contribution in [0, 0.1) is 0 Å². The summed E-state index contributed by atoms with van der Waals surface area (Å²) >= 11 is 11.1. The first-order valence-electron chi connectivity index (χ1n) is 2.09. The third-order valence-electron chi connectivity index (χ3n) is 1.09. The second-order valence-electron chi connectivity index (χ2n) is 1.71. The van der Waals surface area contributed by atoms with E-state index in [2.05, 4.69) is 0 Å². The van der Waals surface area contributed by atoms with Gasteiger partial charge in [-0.3, -0.25) is 0 Å². The van der Waals surface area contributed by atoms with Crippen molar-refractivity contribution in [2.24, 2.45) is 0 Å². The number of halogens is 4. The predicted molar refractivity (Wildman–Crippen MR) is 42.8 cm³/mol. The van der Waals surface area contributed by atoms with Gasteiger partial charge in [-0.05, 0) is 19.3 Å². The highest BCUT2D eigenvalue weighted by atomic mass is 35.5. The summed E-state index contributed by atoms with van der Waals surface area (Å²) in [6, 6.07) is 0. The highest BCUT2D eigenvalue weighted by Crippen LogP contribution is 2.41. The van der Waals surface area contributed by atoms with Crippen LogP contribution in [-0.4, -0.2) is 4.33 Å². The van der Waals surface area contributed by atoms with Crippen LogP contribution in [0.3, 0.4) is 0 Å². The van der Waals surface area contributed by atoms with E-state index in [9.17, 15) is 0 Å². The van der Waals surface area contributed by atoms with Gasteiger partial charge in [0.2, 0.25) is 0 Å². The van der Waals surface area contributed by atoms with Gasteiger partial charge < -0.3 is 0 Å². The molecule has 0 radical (unpaired) electrons. The fraction of sp³-hybridized carbons (Fsp3) is 1.00. The zero-order valence-electron chi connectivity index (χ0n) is 4.19. The molecule has 0 amide bonds. The van der Waals surface area contributed by atoms with Crippen LogP contribution in [0.2, 0.25) is 0 Å². The van der Waals surface area contributed by atoms with E-state index >= 15 is 0 Å². The quantitative estimate of drug-likeness (QED) is 0.524. The largest absolute Gasteiger partial charge is 0.147 e. The Labute approximate surface area is 71.7 Å². The van der Waals surface area contributed by atoms with Crippen LogP contribution >= 0.6 is 48.0 Å². The van der Waals surface area contributed by atoms with Crippen molar-refractivity contribution in [2.45, 2.75) is 23.6 Å². The van der Waals surface area contributed by atoms with Crippen molar-refractivity contribution in [1.82, 2.24) is 0 Å². The van der Waals surface area contributed by atoms with E-state index in [1.807, 2.05) is 0 Å². The van der Waals surface area contributed by atoms with E-state index in [4.69, 9.17) is 23.2 Å². The van der Waals surface area contributed by atoms with Crippen LogP contribution in [-0.2, 0) is 0 Å². The molecule has 0 bridgehead atoms. The summed E-state index contributed by atoms with van der Waals surface area (Å²) in [6.07, 6.45) is 3.17. The smallest absolute Gasteiger partial charge is 0.118 e. The van der Waals surface area contributed by atoms with E-state index < -0.39 is 0 Å². The monoisotopic (exact) mass is 196 g/mol. The van der Waals surface area contributed by atoms with Gasteiger partial charge in [-0.1, -0.05) is 0 Å². The van der Waals surface area contributed by atoms with Gasteiger partial charge in [0.1, 0.15) is 4.33 Å². The average molecular weight is 198 g/mol. The zero-order chi connectivity index (χ0) is 4.62. The van der Waals surface area contributed by atoms with E-state index in [-0.39, 0.29) is 29.1 Å². The molecule has 1 fully saturated rings. The predicted octanol–water partition coefficient (Wildman–Crippen LogP) is 3.19. The summed E-state index contributed by atoms with van der Waals surface area (Å²) in [5, 5.41) is 0. The molecule has 0 N–H and O–H groups in total. The number of hydrogen-bond donors (Lipinski definition) is 0. The molecule has 1 rings (SSSR count). The minimum atomic E-state index is -0.333. The first-order valence-corrected chi connectivity index (χ1v) is 2.84. The topological polar surface area (TPSA) is 0 Å². The molecule has 1 aliphatic rings. The second kappa shape index (κ2) is 4.05. The Morgan fingerprint density at radius 3 is 1.25 bits per heavy atom. The van der Waals surface area contributed by atoms with Crippen molar-refractivity contribution in [2.75, 3.05) is 0 Å². The maximum absolute atomic E-state index is 5.57. The van der Waals surface area contributed by atoms with Crippen molar-refractivity contribution in [3.05, 3.63) is 0 Å². The second-order valence-corrected chi connectivity index (χ2v) is 3.35. The lowest BCUT2D eigenvalue weighted by Crippen LogP contribution is -2.21. The van der Waals surface area contributed by atoms with Crippen molar-refractivity contribution in [1.29, 1.82) is 0 Å². The molecule has 0 spiro atoms. The molecular formula is C4H8Cl4. The van der Waals surface area contributed by atoms with Crippen LogP contribution in [0.25, 0.3) is 0 Å². The lowest BCUT2D eigenvalue weighted by molar-refractivity contribution is 0.467. The number of hydrogen-bond acceptors (Lipinski definition) is 0. The number of alkyl halides is 2. The van der Waals surface area contributed by atoms with Crippen LogP contribution in [0.15, 0.2) is 0 Å². The molecule has 0 unspecified atom stereocenters. The summed E-state index contributed by atoms with van der Waals surface area (Å²) in [6.45, 7) is 0. The fourth-order valence-corrected chi connectivity index (χ4v) is 0.979. The maximum Gasteiger partial charge on any atom is 0.118 e. The van der Waals surface area contributed by atoms with Crippen LogP contribution in [0.4, 0.5) is 0 Å². The Balaban J connectivity index is 0. The molecular weight excluding hydrogens is 190 g/mol.